The SMILES string of the molecule is Cc1ccnc(Nc2cccc(F)c2C#N)c1Br. The van der Waals surface area contributed by atoms with E-state index in [0.29, 0.717) is 11.5 Å². The third kappa shape index (κ3) is 2.34. The molecule has 18 heavy (non-hydrogen) atoms. The number of hydrogen-bond acceptors (Lipinski definition) is 3. The highest BCUT2D eigenvalue weighted by Gasteiger charge is 2.10. The van der Waals surface area contributed by atoms with Gasteiger partial charge in [-0.1, -0.05) is 6.07 Å². The number of halogens is 2. The number of nitrogens with one attached hydrogen (secondary N) is 1. The van der Waals surface area contributed by atoms with E-state index in [-0.39, 0.29) is 5.56 Å². The molecule has 2 aromatic rings. The van der Waals surface area contributed by atoms with E-state index >= 15 is 0 Å². The number of aromatic nitrogens is 1. The third-order valence-electron chi connectivity index (χ3n) is 2.46. The lowest BCUT2D eigenvalue weighted by Gasteiger charge is -2.10. The zero-order valence-electron chi connectivity index (χ0n) is 9.54. The number of rotatable bonds is 2. The third-order valence-corrected chi connectivity index (χ3v) is 3.46. The van der Waals surface area contributed by atoms with Crippen LogP contribution in [0.15, 0.2) is 34.9 Å². The van der Waals surface area contributed by atoms with Crippen molar-refractivity contribution in [1.29, 1.82) is 5.26 Å². The molecule has 0 amide bonds. The Labute approximate surface area is 112 Å². The molecule has 0 saturated carbocycles. The normalized spacial score (nSPS) is 9.89. The first-order valence-corrected chi connectivity index (χ1v) is 5.99. The minimum atomic E-state index is -0.550. The van der Waals surface area contributed by atoms with Gasteiger partial charge in [-0.25, -0.2) is 9.37 Å². The zero-order chi connectivity index (χ0) is 13.1. The number of pyridine rings is 1. The lowest BCUT2D eigenvalue weighted by atomic mass is 10.2. The van der Waals surface area contributed by atoms with Crippen molar-refractivity contribution >= 4 is 27.4 Å². The van der Waals surface area contributed by atoms with Gasteiger partial charge < -0.3 is 5.32 Å². The molecule has 1 aromatic carbocycles. The van der Waals surface area contributed by atoms with Crippen LogP contribution in [0.3, 0.4) is 0 Å². The number of benzene rings is 1. The molecule has 0 aliphatic carbocycles. The molecule has 2 rings (SSSR count). The molecular formula is C13H9BrFN3. The fourth-order valence-electron chi connectivity index (χ4n) is 1.50. The standard InChI is InChI=1S/C13H9BrFN3/c1-8-5-6-17-13(12(8)14)18-11-4-2-3-10(15)9(11)7-16/h2-6H,1H3,(H,17,18). The van der Waals surface area contributed by atoms with Gasteiger partial charge in [0.25, 0.3) is 0 Å². The Morgan fingerprint density at radius 1 is 1.39 bits per heavy atom. The van der Waals surface area contributed by atoms with Crippen molar-refractivity contribution in [3.63, 3.8) is 0 Å². The van der Waals surface area contributed by atoms with E-state index in [2.05, 4.69) is 26.2 Å². The largest absolute Gasteiger partial charge is 0.338 e. The molecule has 0 aliphatic heterocycles. The summed E-state index contributed by atoms with van der Waals surface area (Å²) in [6.45, 7) is 1.92. The predicted molar refractivity (Wildman–Crippen MR) is 71.1 cm³/mol. The van der Waals surface area contributed by atoms with Crippen LogP contribution in [0.4, 0.5) is 15.9 Å². The molecule has 0 radical (unpaired) electrons. The Bertz CT molecular complexity index is 635. The summed E-state index contributed by atoms with van der Waals surface area (Å²) in [6.07, 6.45) is 1.65. The summed E-state index contributed by atoms with van der Waals surface area (Å²) >= 11 is 3.40. The number of anilines is 2. The molecule has 1 N–H and O–H groups in total. The van der Waals surface area contributed by atoms with E-state index in [9.17, 15) is 4.39 Å². The van der Waals surface area contributed by atoms with Crippen LogP contribution in [0, 0.1) is 24.1 Å². The van der Waals surface area contributed by atoms with Gasteiger partial charge in [-0.3, -0.25) is 0 Å². The van der Waals surface area contributed by atoms with Gasteiger partial charge >= 0.3 is 0 Å². The average Bonchev–Trinajstić information content (AvgIpc) is 2.35. The maximum atomic E-state index is 13.4. The summed E-state index contributed by atoms with van der Waals surface area (Å²) in [6, 6.07) is 8.12. The lowest BCUT2D eigenvalue weighted by molar-refractivity contribution is 0.624. The summed E-state index contributed by atoms with van der Waals surface area (Å²) in [5.41, 5.74) is 1.38. The first kappa shape index (κ1) is 12.5. The van der Waals surface area contributed by atoms with Crippen LogP contribution in [0.5, 0.6) is 0 Å². The summed E-state index contributed by atoms with van der Waals surface area (Å²) in [5, 5.41) is 11.9. The van der Waals surface area contributed by atoms with Gasteiger partial charge in [0, 0.05) is 6.20 Å². The van der Waals surface area contributed by atoms with Gasteiger partial charge in [0.2, 0.25) is 0 Å². The van der Waals surface area contributed by atoms with Crippen molar-refractivity contribution < 1.29 is 4.39 Å². The first-order valence-electron chi connectivity index (χ1n) is 5.20. The molecule has 3 nitrogen and oxygen atoms in total. The van der Waals surface area contributed by atoms with Crippen LogP contribution in [-0.2, 0) is 0 Å². The fourth-order valence-corrected chi connectivity index (χ4v) is 1.83. The van der Waals surface area contributed by atoms with Crippen molar-refractivity contribution in [2.45, 2.75) is 6.92 Å². The minimum Gasteiger partial charge on any atom is -0.338 e. The summed E-state index contributed by atoms with van der Waals surface area (Å²) < 4.78 is 14.2. The second-order valence-electron chi connectivity index (χ2n) is 3.69. The Hall–Kier alpha value is -1.93. The summed E-state index contributed by atoms with van der Waals surface area (Å²) in [7, 11) is 0. The van der Waals surface area contributed by atoms with E-state index in [4.69, 9.17) is 5.26 Å². The maximum absolute atomic E-state index is 13.4. The van der Waals surface area contributed by atoms with Gasteiger partial charge in [0.15, 0.2) is 0 Å². The molecule has 0 spiro atoms. The molecule has 1 aromatic heterocycles. The Morgan fingerprint density at radius 2 is 2.17 bits per heavy atom. The molecule has 90 valence electrons. The second-order valence-corrected chi connectivity index (χ2v) is 4.48. The number of nitriles is 1. The quantitative estimate of drug-likeness (QED) is 0.915. The second kappa shape index (κ2) is 5.15. The van der Waals surface area contributed by atoms with Crippen molar-refractivity contribution in [1.82, 2.24) is 4.98 Å². The Kier molecular flexibility index (Phi) is 3.58. The van der Waals surface area contributed by atoms with Crippen molar-refractivity contribution in [2.75, 3.05) is 5.32 Å². The maximum Gasteiger partial charge on any atom is 0.144 e. The van der Waals surface area contributed by atoms with Crippen molar-refractivity contribution in [3.8, 4) is 6.07 Å². The first-order chi connectivity index (χ1) is 8.63. The number of hydrogen-bond donors (Lipinski definition) is 1. The molecule has 0 saturated heterocycles. The lowest BCUT2D eigenvalue weighted by Crippen LogP contribution is -1.99. The summed E-state index contributed by atoms with van der Waals surface area (Å²) in [5.74, 6) is 0.00313. The topological polar surface area (TPSA) is 48.7 Å². The molecule has 0 fully saturated rings. The van der Waals surface area contributed by atoms with Crippen LogP contribution in [0.1, 0.15) is 11.1 Å². The highest BCUT2D eigenvalue weighted by atomic mass is 79.9. The van der Waals surface area contributed by atoms with Gasteiger partial charge in [-0.15, -0.1) is 0 Å². The Balaban J connectivity index is 2.44. The summed E-state index contributed by atoms with van der Waals surface area (Å²) in [4.78, 5) is 4.15. The van der Waals surface area contributed by atoms with Gasteiger partial charge in [0.05, 0.1) is 10.2 Å². The van der Waals surface area contributed by atoms with Crippen molar-refractivity contribution in [2.24, 2.45) is 0 Å². The van der Waals surface area contributed by atoms with Crippen LogP contribution in [0.2, 0.25) is 0 Å². The van der Waals surface area contributed by atoms with E-state index in [1.807, 2.05) is 19.1 Å². The molecule has 0 unspecified atom stereocenters. The molecule has 0 aliphatic rings. The van der Waals surface area contributed by atoms with E-state index in [1.165, 1.54) is 6.07 Å². The predicted octanol–water partition coefficient (Wildman–Crippen LogP) is 3.91. The number of nitrogens with zero attached hydrogens (tertiary/aromatic N) is 2. The fraction of sp³-hybridized carbons (Fsp3) is 0.0769. The van der Waals surface area contributed by atoms with Crippen LogP contribution in [-0.4, -0.2) is 4.98 Å². The number of aryl methyl sites for hydroxylation is 1. The molecule has 1 heterocycles. The molecular weight excluding hydrogens is 297 g/mol. The minimum absolute atomic E-state index is 0.0206. The molecule has 5 heteroatoms. The van der Waals surface area contributed by atoms with E-state index < -0.39 is 5.82 Å². The van der Waals surface area contributed by atoms with Gasteiger partial charge in [-0.2, -0.15) is 5.26 Å². The average molecular weight is 306 g/mol. The highest BCUT2D eigenvalue weighted by molar-refractivity contribution is 9.10. The van der Waals surface area contributed by atoms with Crippen molar-refractivity contribution in [3.05, 3.63) is 51.9 Å². The molecule has 0 atom stereocenters. The van der Waals surface area contributed by atoms with Crippen LogP contribution in [0.25, 0.3) is 0 Å². The van der Waals surface area contributed by atoms with E-state index in [0.717, 1.165) is 10.0 Å². The van der Waals surface area contributed by atoms with Crippen LogP contribution >= 0.6 is 15.9 Å². The monoisotopic (exact) mass is 305 g/mol. The smallest absolute Gasteiger partial charge is 0.144 e. The zero-order valence-corrected chi connectivity index (χ0v) is 11.1. The van der Waals surface area contributed by atoms with Crippen LogP contribution < -0.4 is 5.32 Å². The Morgan fingerprint density at radius 3 is 2.89 bits per heavy atom. The molecule has 0 bridgehead atoms. The van der Waals surface area contributed by atoms with Gasteiger partial charge in [-0.05, 0) is 46.6 Å². The van der Waals surface area contributed by atoms with E-state index in [1.54, 1.807) is 18.3 Å². The van der Waals surface area contributed by atoms with Gasteiger partial charge in [0.1, 0.15) is 23.3 Å². The highest BCUT2D eigenvalue weighted by Crippen LogP contribution is 2.28.